The molecule has 1 spiro atoms. The molecule has 2 aliphatic rings. The molecule has 2 aromatic rings. The predicted molar refractivity (Wildman–Crippen MR) is 108 cm³/mol. The third-order valence-corrected chi connectivity index (χ3v) is 6.21. The van der Waals surface area contributed by atoms with Crippen LogP contribution in [-0.4, -0.2) is 29.9 Å². The molecule has 0 aromatic heterocycles. The lowest BCUT2D eigenvalue weighted by Gasteiger charge is -2.43. The van der Waals surface area contributed by atoms with Crippen LogP contribution in [0.1, 0.15) is 66.0 Å². The van der Waals surface area contributed by atoms with Crippen molar-refractivity contribution in [2.75, 3.05) is 13.1 Å². The minimum Gasteiger partial charge on any atom is -0.450 e. The highest BCUT2D eigenvalue weighted by Gasteiger charge is 2.52. The number of rotatable bonds is 1. The zero-order valence-electron chi connectivity index (χ0n) is 17.0. The molecule has 28 heavy (non-hydrogen) atoms. The third kappa shape index (κ3) is 2.92. The maximum absolute atomic E-state index is 13.0. The molecule has 1 amide bonds. The Bertz CT molecular complexity index is 926. The fourth-order valence-corrected chi connectivity index (χ4v) is 4.45. The predicted octanol–water partition coefficient (Wildman–Crippen LogP) is 4.53. The van der Waals surface area contributed by atoms with Crippen LogP contribution in [0, 0.1) is 5.92 Å². The topological polar surface area (TPSA) is 46.6 Å². The number of carbonyl (C=O) groups excluding carboxylic acids is 2. The second kappa shape index (κ2) is 6.47. The van der Waals surface area contributed by atoms with Gasteiger partial charge in [0.1, 0.15) is 5.60 Å². The Morgan fingerprint density at radius 2 is 1.79 bits per heavy atom. The van der Waals surface area contributed by atoms with Crippen LogP contribution in [-0.2, 0) is 15.8 Å². The Balaban J connectivity index is 1.54. The molecule has 0 aliphatic carbocycles. The van der Waals surface area contributed by atoms with Gasteiger partial charge in [-0.2, -0.15) is 0 Å². The molecule has 1 fully saturated rings. The van der Waals surface area contributed by atoms with Crippen LogP contribution >= 0.6 is 0 Å². The number of piperidine rings is 1. The smallest absolute Gasteiger partial charge is 0.339 e. The van der Waals surface area contributed by atoms with Gasteiger partial charge >= 0.3 is 5.97 Å². The first-order chi connectivity index (χ1) is 13.2. The lowest BCUT2D eigenvalue weighted by molar-refractivity contribution is -0.0714. The summed E-state index contributed by atoms with van der Waals surface area (Å²) in [5, 5.41) is 0. The number of ether oxygens (including phenoxy) is 1. The van der Waals surface area contributed by atoms with E-state index in [-0.39, 0.29) is 23.2 Å². The number of amides is 1. The highest BCUT2D eigenvalue weighted by Crippen LogP contribution is 2.47. The van der Waals surface area contributed by atoms with Crippen molar-refractivity contribution in [3.8, 4) is 0 Å². The Hall–Kier alpha value is -2.62. The average molecular weight is 377 g/mol. The molecule has 0 bridgehead atoms. The van der Waals surface area contributed by atoms with Crippen LogP contribution in [0.15, 0.2) is 48.5 Å². The second-order valence-electron chi connectivity index (χ2n) is 9.05. The average Bonchev–Trinajstić information content (AvgIpc) is 2.96. The highest BCUT2D eigenvalue weighted by molar-refractivity contribution is 5.96. The van der Waals surface area contributed by atoms with Crippen LogP contribution in [0.4, 0.5) is 0 Å². The van der Waals surface area contributed by atoms with E-state index < -0.39 is 5.60 Å². The number of hydrogen-bond acceptors (Lipinski definition) is 3. The molecule has 2 atom stereocenters. The van der Waals surface area contributed by atoms with Gasteiger partial charge in [-0.05, 0) is 29.2 Å². The monoisotopic (exact) mass is 377 g/mol. The maximum atomic E-state index is 13.0. The lowest BCUT2D eigenvalue weighted by Crippen LogP contribution is -2.51. The largest absolute Gasteiger partial charge is 0.450 e. The molecule has 2 heterocycles. The summed E-state index contributed by atoms with van der Waals surface area (Å²) in [5.41, 5.74) is 3.00. The summed E-state index contributed by atoms with van der Waals surface area (Å²) in [6.45, 7) is 9.70. The van der Waals surface area contributed by atoms with Crippen molar-refractivity contribution in [3.05, 3.63) is 70.8 Å². The van der Waals surface area contributed by atoms with Crippen LogP contribution < -0.4 is 0 Å². The third-order valence-electron chi connectivity index (χ3n) is 6.21. The first-order valence-corrected chi connectivity index (χ1v) is 9.95. The first kappa shape index (κ1) is 18.7. The molecule has 4 rings (SSSR count). The number of fused-ring (bicyclic) bond motifs is 2. The number of carbonyl (C=O) groups is 2. The van der Waals surface area contributed by atoms with Crippen LogP contribution in [0.2, 0.25) is 0 Å². The second-order valence-corrected chi connectivity index (χ2v) is 9.05. The highest BCUT2D eigenvalue weighted by atomic mass is 16.6. The van der Waals surface area contributed by atoms with Crippen molar-refractivity contribution in [2.24, 2.45) is 5.92 Å². The fourth-order valence-electron chi connectivity index (χ4n) is 4.45. The van der Waals surface area contributed by atoms with Crippen molar-refractivity contribution in [1.29, 1.82) is 0 Å². The number of hydrogen-bond donors (Lipinski definition) is 0. The van der Waals surface area contributed by atoms with Crippen molar-refractivity contribution in [3.63, 3.8) is 0 Å². The van der Waals surface area contributed by atoms with Gasteiger partial charge in [0.15, 0.2) is 0 Å². The molecule has 2 aromatic carbocycles. The van der Waals surface area contributed by atoms with Crippen LogP contribution in [0.25, 0.3) is 0 Å². The van der Waals surface area contributed by atoms with E-state index in [1.165, 1.54) is 5.56 Å². The molecule has 0 unspecified atom stereocenters. The molecular formula is C24H27NO3. The van der Waals surface area contributed by atoms with Crippen molar-refractivity contribution < 1.29 is 14.3 Å². The van der Waals surface area contributed by atoms with Crippen LogP contribution in [0.3, 0.4) is 0 Å². The summed E-state index contributed by atoms with van der Waals surface area (Å²) >= 11 is 0. The molecule has 4 nitrogen and oxygen atoms in total. The van der Waals surface area contributed by atoms with E-state index in [1.54, 1.807) is 0 Å². The van der Waals surface area contributed by atoms with E-state index in [2.05, 4.69) is 27.7 Å². The van der Waals surface area contributed by atoms with Crippen molar-refractivity contribution >= 4 is 11.9 Å². The number of likely N-dealkylation sites (tertiary alicyclic amines) is 1. The Morgan fingerprint density at radius 3 is 2.43 bits per heavy atom. The molecule has 2 aliphatic heterocycles. The quantitative estimate of drug-likeness (QED) is 0.686. The van der Waals surface area contributed by atoms with E-state index in [0.29, 0.717) is 30.6 Å². The minimum absolute atomic E-state index is 0.0339. The SMILES string of the molecule is C[C@H]1CN(C(=O)c2ccc(C(C)(C)C)cc2)CC[C@@]12OC(=O)c1ccccc12. The molecule has 0 saturated carbocycles. The van der Waals surface area contributed by atoms with Gasteiger partial charge in [-0.1, -0.05) is 58.0 Å². The summed E-state index contributed by atoms with van der Waals surface area (Å²) in [6, 6.07) is 15.5. The Kier molecular flexibility index (Phi) is 4.33. The summed E-state index contributed by atoms with van der Waals surface area (Å²) in [7, 11) is 0. The van der Waals surface area contributed by atoms with Crippen LogP contribution in [0.5, 0.6) is 0 Å². The molecular weight excluding hydrogens is 350 g/mol. The number of esters is 1. The van der Waals surface area contributed by atoms with Crippen molar-refractivity contribution in [1.82, 2.24) is 4.90 Å². The van der Waals surface area contributed by atoms with Gasteiger partial charge in [0.25, 0.3) is 5.91 Å². The van der Waals surface area contributed by atoms with Gasteiger partial charge in [-0.15, -0.1) is 0 Å². The zero-order chi connectivity index (χ0) is 20.1. The molecule has 1 saturated heterocycles. The summed E-state index contributed by atoms with van der Waals surface area (Å²) < 4.78 is 5.88. The lowest BCUT2D eigenvalue weighted by atomic mass is 9.76. The van der Waals surface area contributed by atoms with E-state index >= 15 is 0 Å². The van der Waals surface area contributed by atoms with Gasteiger partial charge in [-0.3, -0.25) is 4.79 Å². The summed E-state index contributed by atoms with van der Waals surface area (Å²) in [5.74, 6) is -0.175. The number of nitrogens with zero attached hydrogens (tertiary/aromatic N) is 1. The van der Waals surface area contributed by atoms with Gasteiger partial charge in [-0.25, -0.2) is 4.79 Å². The fraction of sp³-hybridized carbons (Fsp3) is 0.417. The van der Waals surface area contributed by atoms with E-state index in [9.17, 15) is 9.59 Å². The summed E-state index contributed by atoms with van der Waals surface area (Å²) in [6.07, 6.45) is 0.628. The minimum atomic E-state index is -0.611. The standard InChI is InChI=1S/C24H27NO3/c1-16-15-25(21(26)17-9-11-18(12-10-17)23(2,3)4)14-13-24(16)20-8-6-5-7-19(20)22(27)28-24/h5-12,16H,13-15H2,1-4H3/t16-,24+/m0/s1. The van der Waals surface area contributed by atoms with Gasteiger partial charge in [0.05, 0.1) is 5.56 Å². The molecule has 0 radical (unpaired) electrons. The van der Waals surface area contributed by atoms with E-state index in [1.807, 2.05) is 53.4 Å². The van der Waals surface area contributed by atoms with Crippen molar-refractivity contribution in [2.45, 2.75) is 45.1 Å². The first-order valence-electron chi connectivity index (χ1n) is 9.95. The Morgan fingerprint density at radius 1 is 1.11 bits per heavy atom. The zero-order valence-corrected chi connectivity index (χ0v) is 17.0. The molecule has 4 heteroatoms. The summed E-state index contributed by atoms with van der Waals surface area (Å²) in [4.78, 5) is 27.3. The maximum Gasteiger partial charge on any atom is 0.339 e. The molecule has 0 N–H and O–H groups in total. The van der Waals surface area contributed by atoms with E-state index in [4.69, 9.17) is 4.74 Å². The normalized spacial score (nSPS) is 24.2. The molecule has 146 valence electrons. The number of benzene rings is 2. The van der Waals surface area contributed by atoms with Gasteiger partial charge in [0.2, 0.25) is 0 Å². The van der Waals surface area contributed by atoms with Gasteiger partial charge in [0, 0.05) is 36.6 Å². The van der Waals surface area contributed by atoms with Gasteiger partial charge < -0.3 is 9.64 Å². The Labute approximate surface area is 166 Å². The van der Waals surface area contributed by atoms with E-state index in [0.717, 1.165) is 5.56 Å².